The largest absolute Gasteiger partial charge is 0.369 e. The predicted molar refractivity (Wildman–Crippen MR) is 148 cm³/mol. The zero-order valence-corrected chi connectivity index (χ0v) is 21.2. The molecule has 0 unspecified atom stereocenters. The van der Waals surface area contributed by atoms with E-state index >= 15 is 0 Å². The van der Waals surface area contributed by atoms with Gasteiger partial charge in [-0.3, -0.25) is 4.79 Å². The summed E-state index contributed by atoms with van der Waals surface area (Å²) in [7, 11) is 2.17. The van der Waals surface area contributed by atoms with Crippen LogP contribution in [-0.4, -0.2) is 64.6 Å². The summed E-state index contributed by atoms with van der Waals surface area (Å²) in [5, 5.41) is 7.51. The Labute approximate surface area is 217 Å². The van der Waals surface area contributed by atoms with Gasteiger partial charge in [-0.2, -0.15) is 4.98 Å². The number of hydrogen-bond acceptors (Lipinski definition) is 6. The molecule has 1 aliphatic heterocycles. The molecule has 8 nitrogen and oxygen atoms in total. The molecule has 3 heterocycles. The molecule has 1 saturated carbocycles. The van der Waals surface area contributed by atoms with Crippen molar-refractivity contribution in [1.29, 1.82) is 0 Å². The number of carbonyl (C=O) groups is 1. The third-order valence-electron chi connectivity index (χ3n) is 7.47. The van der Waals surface area contributed by atoms with Gasteiger partial charge in [-0.15, -0.1) is 0 Å². The highest BCUT2D eigenvalue weighted by molar-refractivity contribution is 5.95. The van der Waals surface area contributed by atoms with Crippen LogP contribution in [0.2, 0.25) is 0 Å². The Hall–Kier alpha value is -3.91. The lowest BCUT2D eigenvalue weighted by atomic mass is 10.1. The smallest absolute Gasteiger partial charge is 0.251 e. The van der Waals surface area contributed by atoms with Crippen LogP contribution in [0.3, 0.4) is 0 Å². The predicted octanol–water partition coefficient (Wildman–Crippen LogP) is 4.59. The molecule has 1 amide bonds. The van der Waals surface area contributed by atoms with Crippen LogP contribution >= 0.6 is 0 Å². The second kappa shape index (κ2) is 10.2. The minimum atomic E-state index is -0.0116. The van der Waals surface area contributed by atoms with Crippen molar-refractivity contribution in [3.63, 3.8) is 0 Å². The van der Waals surface area contributed by atoms with Gasteiger partial charge in [0.05, 0.1) is 0 Å². The monoisotopic (exact) mass is 495 g/mol. The molecule has 0 radical (unpaired) electrons. The lowest BCUT2D eigenvalue weighted by Crippen LogP contribution is -2.44. The third kappa shape index (κ3) is 5.15. The first-order valence-electron chi connectivity index (χ1n) is 13.2. The number of carbonyl (C=O) groups excluding carboxylic acids is 1. The van der Waals surface area contributed by atoms with Crippen LogP contribution in [0.5, 0.6) is 0 Å². The molecule has 0 bridgehead atoms. The van der Waals surface area contributed by atoms with E-state index in [1.807, 2.05) is 53.4 Å². The van der Waals surface area contributed by atoms with Gasteiger partial charge in [0.15, 0.2) is 0 Å². The van der Waals surface area contributed by atoms with Crippen LogP contribution < -0.4 is 15.5 Å². The summed E-state index contributed by atoms with van der Waals surface area (Å²) in [6, 6.07) is 18.4. The van der Waals surface area contributed by atoms with E-state index in [2.05, 4.69) is 50.7 Å². The lowest BCUT2D eigenvalue weighted by molar-refractivity contribution is 0.0938. The maximum Gasteiger partial charge on any atom is 0.251 e. The molecule has 2 fully saturated rings. The van der Waals surface area contributed by atoms with Gasteiger partial charge < -0.3 is 25.0 Å². The topological polar surface area (TPSA) is 78.3 Å². The van der Waals surface area contributed by atoms with Gasteiger partial charge in [0.1, 0.15) is 5.65 Å². The second-order valence-electron chi connectivity index (χ2n) is 10.1. The molecule has 0 spiro atoms. The van der Waals surface area contributed by atoms with Gasteiger partial charge in [-0.1, -0.05) is 25.0 Å². The van der Waals surface area contributed by atoms with Crippen molar-refractivity contribution in [3.05, 3.63) is 72.6 Å². The molecule has 8 heteroatoms. The second-order valence-corrected chi connectivity index (χ2v) is 10.1. The van der Waals surface area contributed by atoms with E-state index < -0.39 is 0 Å². The summed E-state index contributed by atoms with van der Waals surface area (Å²) in [6.45, 7) is 4.18. The molecule has 4 aromatic rings. The highest BCUT2D eigenvalue weighted by atomic mass is 16.1. The molecule has 2 N–H and O–H groups in total. The molecule has 2 aromatic carbocycles. The third-order valence-corrected chi connectivity index (χ3v) is 7.47. The number of amides is 1. The van der Waals surface area contributed by atoms with E-state index in [9.17, 15) is 4.79 Å². The summed E-state index contributed by atoms with van der Waals surface area (Å²) >= 11 is 0. The molecule has 190 valence electrons. The Morgan fingerprint density at radius 1 is 0.946 bits per heavy atom. The molecule has 2 aliphatic rings. The van der Waals surface area contributed by atoms with E-state index in [0.29, 0.717) is 17.6 Å². The van der Waals surface area contributed by atoms with Gasteiger partial charge in [0.2, 0.25) is 5.95 Å². The minimum Gasteiger partial charge on any atom is -0.369 e. The zero-order valence-electron chi connectivity index (χ0n) is 21.2. The van der Waals surface area contributed by atoms with Crippen molar-refractivity contribution in [1.82, 2.24) is 24.8 Å². The van der Waals surface area contributed by atoms with Crippen molar-refractivity contribution >= 4 is 34.3 Å². The summed E-state index contributed by atoms with van der Waals surface area (Å²) in [6.07, 6.45) is 8.33. The van der Waals surface area contributed by atoms with E-state index in [1.54, 1.807) is 0 Å². The van der Waals surface area contributed by atoms with Crippen molar-refractivity contribution < 1.29 is 4.79 Å². The number of aromatic nitrogens is 3. The fourth-order valence-electron chi connectivity index (χ4n) is 5.30. The van der Waals surface area contributed by atoms with Gasteiger partial charge in [0, 0.05) is 72.6 Å². The maximum absolute atomic E-state index is 12.8. The highest BCUT2D eigenvalue weighted by Gasteiger charge is 2.19. The Bertz CT molecular complexity index is 1400. The van der Waals surface area contributed by atoms with Crippen molar-refractivity contribution in [2.24, 2.45) is 0 Å². The van der Waals surface area contributed by atoms with E-state index in [1.165, 1.54) is 18.5 Å². The number of rotatable bonds is 6. The fourth-order valence-corrected chi connectivity index (χ4v) is 5.30. The zero-order chi connectivity index (χ0) is 25.2. The van der Waals surface area contributed by atoms with E-state index in [4.69, 9.17) is 4.98 Å². The number of likely N-dealkylation sites (N-methyl/N-ethyl adjacent to an activating group) is 1. The summed E-state index contributed by atoms with van der Waals surface area (Å²) in [5.74, 6) is 0.528. The SMILES string of the molecule is CN1CCN(c2cccc(Nc3ncc4ccn(-c5cccc(C(=O)NC6CCCC6)c5)c4n3)c2)CC1. The number of anilines is 3. The van der Waals surface area contributed by atoms with Crippen LogP contribution in [0.15, 0.2) is 67.0 Å². The first-order chi connectivity index (χ1) is 18.1. The summed E-state index contributed by atoms with van der Waals surface area (Å²) in [5.41, 5.74) is 4.52. The number of benzene rings is 2. The molecule has 2 aromatic heterocycles. The van der Waals surface area contributed by atoms with Gasteiger partial charge >= 0.3 is 0 Å². The van der Waals surface area contributed by atoms with Crippen LogP contribution in [-0.2, 0) is 0 Å². The number of piperazine rings is 1. The first-order valence-corrected chi connectivity index (χ1v) is 13.2. The normalized spacial score (nSPS) is 16.8. The average Bonchev–Trinajstić information content (AvgIpc) is 3.59. The maximum atomic E-state index is 12.8. The van der Waals surface area contributed by atoms with Gasteiger partial charge in [0.25, 0.3) is 5.91 Å². The van der Waals surface area contributed by atoms with Gasteiger partial charge in [-0.05, 0) is 62.4 Å². The molecular formula is C29H33N7O. The van der Waals surface area contributed by atoms with Crippen molar-refractivity contribution in [2.45, 2.75) is 31.7 Å². The van der Waals surface area contributed by atoms with Crippen LogP contribution in [0.25, 0.3) is 16.7 Å². The molecule has 6 rings (SSSR count). The quantitative estimate of drug-likeness (QED) is 0.408. The molecule has 1 saturated heterocycles. The number of nitrogens with one attached hydrogen (secondary N) is 2. The number of hydrogen-bond donors (Lipinski definition) is 2. The fraction of sp³-hybridized carbons (Fsp3) is 0.345. The van der Waals surface area contributed by atoms with Crippen molar-refractivity contribution in [2.75, 3.05) is 43.4 Å². The van der Waals surface area contributed by atoms with E-state index in [-0.39, 0.29) is 5.91 Å². The Balaban J connectivity index is 1.23. The number of nitrogens with zero attached hydrogens (tertiary/aromatic N) is 5. The van der Waals surface area contributed by atoms with Gasteiger partial charge in [-0.25, -0.2) is 4.98 Å². The molecule has 0 atom stereocenters. The Morgan fingerprint density at radius 2 is 1.73 bits per heavy atom. The Morgan fingerprint density at radius 3 is 2.57 bits per heavy atom. The van der Waals surface area contributed by atoms with Crippen molar-refractivity contribution in [3.8, 4) is 5.69 Å². The lowest BCUT2D eigenvalue weighted by Gasteiger charge is -2.34. The molecule has 37 heavy (non-hydrogen) atoms. The van der Waals surface area contributed by atoms with E-state index in [0.717, 1.165) is 61.4 Å². The first kappa shape index (κ1) is 23.5. The standard InChI is InChI=1S/C29H33N7O/c1-34-14-16-35(17-15-34)25-10-5-9-24(19-25)32-29-30-20-22-12-13-36(27(22)33-29)26-11-4-6-21(18-26)28(37)31-23-7-2-3-8-23/h4-6,9-13,18-20,23H,2-3,7-8,14-17H2,1H3,(H,31,37)(H,30,32,33). The van der Waals surface area contributed by atoms with Crippen LogP contribution in [0.4, 0.5) is 17.3 Å². The number of fused-ring (bicyclic) bond motifs is 1. The highest BCUT2D eigenvalue weighted by Crippen LogP contribution is 2.25. The Kier molecular flexibility index (Phi) is 6.49. The summed E-state index contributed by atoms with van der Waals surface area (Å²) in [4.78, 5) is 27.0. The average molecular weight is 496 g/mol. The van der Waals surface area contributed by atoms with Crippen LogP contribution in [0.1, 0.15) is 36.0 Å². The van der Waals surface area contributed by atoms with Crippen LogP contribution in [0, 0.1) is 0 Å². The summed E-state index contributed by atoms with van der Waals surface area (Å²) < 4.78 is 2.01. The molecule has 1 aliphatic carbocycles. The molecular weight excluding hydrogens is 462 g/mol. The minimum absolute atomic E-state index is 0.0116.